The van der Waals surface area contributed by atoms with Crippen LogP contribution in [0.15, 0.2) is 17.1 Å². The quantitative estimate of drug-likeness (QED) is 0.103. The van der Waals surface area contributed by atoms with E-state index in [0.717, 1.165) is 4.57 Å². The molecule has 230 valence electrons. The third-order valence-corrected chi connectivity index (χ3v) is 7.94. The van der Waals surface area contributed by atoms with Crippen molar-refractivity contribution in [1.82, 2.24) is 9.55 Å². The summed E-state index contributed by atoms with van der Waals surface area (Å²) in [6.07, 6.45) is -5.06. The molecule has 0 bridgehead atoms. The lowest BCUT2D eigenvalue weighted by Gasteiger charge is -2.31. The van der Waals surface area contributed by atoms with Crippen molar-refractivity contribution >= 4 is 31.0 Å². The summed E-state index contributed by atoms with van der Waals surface area (Å²) in [6.45, 7) is 9.85. The summed E-state index contributed by atoms with van der Waals surface area (Å²) < 4.78 is 61.7. The molecule has 2 heterocycles. The molecule has 0 aliphatic carbocycles. The number of nitrogen functional groups attached to an aromatic ring is 1. The average molecular weight is 616 g/mol. The maximum absolute atomic E-state index is 15.2. The number of ether oxygens (including phenoxy) is 4. The van der Waals surface area contributed by atoms with Gasteiger partial charge in [0.25, 0.3) is 0 Å². The zero-order valence-electron chi connectivity index (χ0n) is 23.6. The number of esters is 1. The fraction of sp³-hybridized carbons (Fsp3) is 0.792. The standard InChI is InChI=1S/C24H40ClFN3O10P/c1-22(2,3)12-34-13-35-14-37-40(33,38-15-36-20(31)23(4,5)6)10-8-24(11-25)18(30)17(26)19(39-24)29-9-7-16(27)28-21(29)32/h7,9,17-19,30H,8,10-15H2,1-6H3,(H2,27,28,32)/t17-,18+,19-,24+,40?/m1/s1. The van der Waals surface area contributed by atoms with Gasteiger partial charge in [0, 0.05) is 6.20 Å². The second-order valence-corrected chi connectivity index (χ2v) is 14.1. The van der Waals surface area contributed by atoms with Crippen molar-refractivity contribution in [3.05, 3.63) is 22.7 Å². The Labute approximate surface area is 237 Å². The molecular formula is C24H40ClFN3O10P. The van der Waals surface area contributed by atoms with Crippen molar-refractivity contribution in [2.24, 2.45) is 10.8 Å². The summed E-state index contributed by atoms with van der Waals surface area (Å²) in [5.74, 6) is -1.12. The third kappa shape index (κ3) is 9.73. The molecule has 0 spiro atoms. The van der Waals surface area contributed by atoms with Gasteiger partial charge < -0.3 is 29.8 Å². The van der Waals surface area contributed by atoms with Gasteiger partial charge in [-0.25, -0.2) is 9.18 Å². The number of carbonyl (C=O) groups is 1. The van der Waals surface area contributed by atoms with E-state index in [4.69, 9.17) is 45.3 Å². The highest BCUT2D eigenvalue weighted by atomic mass is 35.5. The molecule has 1 aromatic rings. The molecule has 1 fully saturated rings. The van der Waals surface area contributed by atoms with E-state index in [1.54, 1.807) is 20.8 Å². The summed E-state index contributed by atoms with van der Waals surface area (Å²) in [5.41, 5.74) is 1.87. The zero-order chi connectivity index (χ0) is 30.4. The third-order valence-electron chi connectivity index (χ3n) is 5.72. The molecule has 5 atom stereocenters. The van der Waals surface area contributed by atoms with Crippen LogP contribution >= 0.6 is 19.2 Å². The molecule has 1 saturated heterocycles. The molecule has 0 amide bonds. The van der Waals surface area contributed by atoms with Crippen LogP contribution in [-0.2, 0) is 37.4 Å². The van der Waals surface area contributed by atoms with Crippen LogP contribution < -0.4 is 11.4 Å². The highest BCUT2D eigenvalue weighted by Gasteiger charge is 2.56. The molecular weight excluding hydrogens is 576 g/mol. The van der Waals surface area contributed by atoms with Crippen molar-refractivity contribution < 1.29 is 46.9 Å². The van der Waals surface area contributed by atoms with Crippen molar-refractivity contribution in [2.75, 3.05) is 44.8 Å². The molecule has 0 saturated carbocycles. The number of aromatic nitrogens is 2. The van der Waals surface area contributed by atoms with Gasteiger partial charge in [-0.05, 0) is 38.7 Å². The predicted molar refractivity (Wildman–Crippen MR) is 143 cm³/mol. The summed E-state index contributed by atoms with van der Waals surface area (Å²) in [7, 11) is -4.10. The molecule has 0 aromatic carbocycles. The summed E-state index contributed by atoms with van der Waals surface area (Å²) in [4.78, 5) is 27.9. The fourth-order valence-corrected chi connectivity index (χ4v) is 5.25. The minimum atomic E-state index is -4.10. The maximum Gasteiger partial charge on any atom is 0.351 e. The SMILES string of the molecule is CC(C)(C)COCOCOP(=O)(CC[C@@]1(CCl)O[C@@H](n2ccc(N)nc2=O)[C@H](F)[C@@H]1O)OCOC(=O)C(C)(C)C. The number of rotatable bonds is 14. The molecule has 40 heavy (non-hydrogen) atoms. The van der Waals surface area contributed by atoms with Gasteiger partial charge in [0.05, 0.1) is 24.1 Å². The van der Waals surface area contributed by atoms with E-state index in [2.05, 4.69) is 4.98 Å². The summed E-state index contributed by atoms with van der Waals surface area (Å²) >= 11 is 6.11. The number of hydrogen-bond donors (Lipinski definition) is 2. The maximum atomic E-state index is 15.2. The van der Waals surface area contributed by atoms with Crippen LogP contribution in [0.5, 0.6) is 0 Å². The largest absolute Gasteiger partial charge is 0.438 e. The van der Waals surface area contributed by atoms with E-state index in [1.165, 1.54) is 12.3 Å². The second-order valence-electron chi connectivity index (χ2n) is 11.6. The van der Waals surface area contributed by atoms with Crippen LogP contribution in [0.25, 0.3) is 0 Å². The summed E-state index contributed by atoms with van der Waals surface area (Å²) in [5, 5.41) is 10.7. The Morgan fingerprint density at radius 2 is 1.88 bits per heavy atom. The van der Waals surface area contributed by atoms with Gasteiger partial charge >= 0.3 is 19.3 Å². The first kappa shape index (κ1) is 34.6. The number of alkyl halides is 2. The van der Waals surface area contributed by atoms with Crippen molar-refractivity contribution in [1.29, 1.82) is 0 Å². The van der Waals surface area contributed by atoms with Crippen molar-refractivity contribution in [2.45, 2.75) is 72.1 Å². The number of hydrogen-bond acceptors (Lipinski definition) is 12. The number of aliphatic hydroxyl groups excluding tert-OH is 1. The number of carbonyl (C=O) groups excluding carboxylic acids is 1. The molecule has 16 heteroatoms. The minimum absolute atomic E-state index is 0.0766. The molecule has 3 N–H and O–H groups in total. The van der Waals surface area contributed by atoms with Gasteiger partial charge in [0.2, 0.25) is 6.79 Å². The highest BCUT2D eigenvalue weighted by Crippen LogP contribution is 2.52. The lowest BCUT2D eigenvalue weighted by molar-refractivity contribution is -0.160. The number of anilines is 1. The van der Waals surface area contributed by atoms with Gasteiger partial charge in [0.1, 0.15) is 24.3 Å². The fourth-order valence-electron chi connectivity index (χ4n) is 3.46. The molecule has 2 rings (SSSR count). The molecule has 0 radical (unpaired) electrons. The van der Waals surface area contributed by atoms with E-state index < -0.39 is 74.4 Å². The van der Waals surface area contributed by atoms with Gasteiger partial charge in [0.15, 0.2) is 19.2 Å². The first-order chi connectivity index (χ1) is 18.4. The smallest absolute Gasteiger partial charge is 0.351 e. The Morgan fingerprint density at radius 1 is 1.23 bits per heavy atom. The van der Waals surface area contributed by atoms with E-state index >= 15 is 4.39 Å². The van der Waals surface area contributed by atoms with Crippen molar-refractivity contribution in [3.8, 4) is 0 Å². The molecule has 1 aliphatic heterocycles. The van der Waals surface area contributed by atoms with Gasteiger partial charge in [-0.3, -0.25) is 23.0 Å². The van der Waals surface area contributed by atoms with Crippen LogP contribution in [0, 0.1) is 10.8 Å². The number of halogens is 2. The monoisotopic (exact) mass is 615 g/mol. The lowest BCUT2D eigenvalue weighted by Crippen LogP contribution is -2.44. The first-order valence-corrected chi connectivity index (χ1v) is 14.8. The van der Waals surface area contributed by atoms with Crippen LogP contribution in [-0.4, -0.2) is 77.5 Å². The van der Waals surface area contributed by atoms with Gasteiger partial charge in [-0.1, -0.05) is 20.8 Å². The molecule has 13 nitrogen and oxygen atoms in total. The van der Waals surface area contributed by atoms with Crippen LogP contribution in [0.2, 0.25) is 0 Å². The molecule has 1 unspecified atom stereocenters. The number of nitrogens with zero attached hydrogens (tertiary/aromatic N) is 2. The molecule has 1 aromatic heterocycles. The normalized spacial score (nSPS) is 25.1. The van der Waals surface area contributed by atoms with Gasteiger partial charge in [-0.15, -0.1) is 11.6 Å². The minimum Gasteiger partial charge on any atom is -0.438 e. The predicted octanol–water partition coefficient (Wildman–Crippen LogP) is 3.19. The lowest BCUT2D eigenvalue weighted by atomic mass is 9.95. The Balaban J connectivity index is 2.13. The van der Waals surface area contributed by atoms with E-state index in [1.807, 2.05) is 20.8 Å². The summed E-state index contributed by atoms with van der Waals surface area (Å²) in [6, 6.07) is 1.27. The average Bonchev–Trinajstić information content (AvgIpc) is 3.09. The Bertz CT molecular complexity index is 1100. The zero-order valence-corrected chi connectivity index (χ0v) is 25.3. The van der Waals surface area contributed by atoms with E-state index in [0.29, 0.717) is 6.61 Å². The van der Waals surface area contributed by atoms with Crippen LogP contribution in [0.4, 0.5) is 10.2 Å². The van der Waals surface area contributed by atoms with Crippen LogP contribution in [0.1, 0.15) is 54.2 Å². The Kier molecular flexibility index (Phi) is 12.1. The molecule has 1 aliphatic rings. The van der Waals surface area contributed by atoms with E-state index in [9.17, 15) is 19.3 Å². The Morgan fingerprint density at radius 3 is 2.45 bits per heavy atom. The van der Waals surface area contributed by atoms with Gasteiger partial charge in [-0.2, -0.15) is 4.98 Å². The second kappa shape index (κ2) is 14.0. The number of nitrogens with two attached hydrogens (primary N) is 1. The highest BCUT2D eigenvalue weighted by molar-refractivity contribution is 7.53. The number of aliphatic hydroxyl groups is 1. The Hall–Kier alpha value is -1.64. The topological polar surface area (TPSA) is 171 Å². The van der Waals surface area contributed by atoms with E-state index in [-0.39, 0.29) is 24.4 Å². The first-order valence-electron chi connectivity index (χ1n) is 12.5. The van der Waals surface area contributed by atoms with Crippen molar-refractivity contribution in [3.63, 3.8) is 0 Å². The van der Waals surface area contributed by atoms with Crippen LogP contribution in [0.3, 0.4) is 0 Å².